The van der Waals surface area contributed by atoms with E-state index in [-0.39, 0.29) is 28.6 Å². The van der Waals surface area contributed by atoms with Crippen LogP contribution in [0, 0.1) is 5.41 Å². The third-order valence-electron chi connectivity index (χ3n) is 5.63. The average Bonchev–Trinajstić information content (AvgIpc) is 2.87. The first kappa shape index (κ1) is 17.3. The lowest BCUT2D eigenvalue weighted by Gasteiger charge is -2.35. The summed E-state index contributed by atoms with van der Waals surface area (Å²) in [5, 5.41) is 31.1. The van der Waals surface area contributed by atoms with Crippen LogP contribution >= 0.6 is 0 Å². The number of phenolic OH excluding ortho intramolecular Hbond substituents is 1. The van der Waals surface area contributed by atoms with Crippen LogP contribution in [-0.4, -0.2) is 27.4 Å². The van der Waals surface area contributed by atoms with Gasteiger partial charge in [-0.1, -0.05) is 34.6 Å². The van der Waals surface area contributed by atoms with Gasteiger partial charge in [0.25, 0.3) is 0 Å². The predicted molar refractivity (Wildman–Crippen MR) is 92.9 cm³/mol. The zero-order chi connectivity index (χ0) is 18.0. The number of carbonyl (C=O) groups is 1. The van der Waals surface area contributed by atoms with Gasteiger partial charge in [-0.2, -0.15) is 0 Å². The van der Waals surface area contributed by atoms with Gasteiger partial charge in [-0.15, -0.1) is 0 Å². The number of aromatic hydroxyl groups is 1. The van der Waals surface area contributed by atoms with Crippen LogP contribution in [0.25, 0.3) is 0 Å². The predicted octanol–water partition coefficient (Wildman–Crippen LogP) is 4.14. The number of aliphatic hydroxyl groups excluding tert-OH is 1. The number of benzene rings is 1. The Hall–Kier alpha value is -1.55. The molecule has 2 aliphatic rings. The van der Waals surface area contributed by atoms with Crippen molar-refractivity contribution >= 4 is 5.97 Å². The maximum absolute atomic E-state index is 12.1. The van der Waals surface area contributed by atoms with Crippen molar-refractivity contribution in [3.8, 4) is 5.75 Å². The molecule has 1 aromatic carbocycles. The minimum Gasteiger partial charge on any atom is -0.508 e. The van der Waals surface area contributed by atoms with Crippen molar-refractivity contribution in [1.29, 1.82) is 0 Å². The van der Waals surface area contributed by atoms with E-state index in [2.05, 4.69) is 20.8 Å². The first-order valence-electron chi connectivity index (χ1n) is 8.75. The number of rotatable bonds is 3. The number of hydrogen-bond donors (Lipinski definition) is 3. The van der Waals surface area contributed by atoms with Gasteiger partial charge in [0.05, 0.1) is 11.7 Å². The largest absolute Gasteiger partial charge is 0.508 e. The molecule has 3 rings (SSSR count). The number of phenols is 1. The second-order valence-corrected chi connectivity index (χ2v) is 9.36. The molecule has 4 nitrogen and oxygen atoms in total. The molecular weight excluding hydrogens is 304 g/mol. The molecule has 3 unspecified atom stereocenters. The molecule has 0 heterocycles. The normalized spacial score (nSPS) is 25.8. The zero-order valence-corrected chi connectivity index (χ0v) is 15.2. The summed E-state index contributed by atoms with van der Waals surface area (Å²) in [6.07, 6.45) is 1.92. The molecule has 24 heavy (non-hydrogen) atoms. The van der Waals surface area contributed by atoms with E-state index in [4.69, 9.17) is 0 Å². The van der Waals surface area contributed by atoms with E-state index in [9.17, 15) is 20.1 Å². The molecule has 0 aliphatic heterocycles. The van der Waals surface area contributed by atoms with Crippen LogP contribution in [0.3, 0.4) is 0 Å². The minimum atomic E-state index is -1.00. The first-order valence-corrected chi connectivity index (χ1v) is 8.75. The van der Waals surface area contributed by atoms with Gasteiger partial charge < -0.3 is 15.3 Å². The van der Waals surface area contributed by atoms with Crippen LogP contribution < -0.4 is 0 Å². The fourth-order valence-electron chi connectivity index (χ4n) is 5.37. The Kier molecular flexibility index (Phi) is 3.76. The van der Waals surface area contributed by atoms with Gasteiger partial charge >= 0.3 is 5.97 Å². The highest BCUT2D eigenvalue weighted by Crippen LogP contribution is 2.57. The van der Waals surface area contributed by atoms with Gasteiger partial charge in [-0.05, 0) is 47.3 Å². The van der Waals surface area contributed by atoms with E-state index in [1.807, 2.05) is 13.8 Å². The molecule has 2 aliphatic carbocycles. The number of carboxylic acid groups (broad SMARTS) is 1. The maximum atomic E-state index is 12.1. The van der Waals surface area contributed by atoms with E-state index in [0.29, 0.717) is 5.56 Å². The minimum absolute atomic E-state index is 0.00322. The van der Waals surface area contributed by atoms with Crippen LogP contribution in [-0.2, 0) is 5.41 Å². The van der Waals surface area contributed by atoms with Gasteiger partial charge in [0.1, 0.15) is 5.75 Å². The van der Waals surface area contributed by atoms with Gasteiger partial charge in [-0.25, -0.2) is 4.79 Å². The number of aromatic carboxylic acids is 1. The fourth-order valence-corrected chi connectivity index (χ4v) is 5.37. The Labute approximate surface area is 143 Å². The third kappa shape index (κ3) is 2.52. The topological polar surface area (TPSA) is 77.8 Å². The molecule has 0 saturated heterocycles. The van der Waals surface area contributed by atoms with Crippen LogP contribution in [0.1, 0.15) is 92.8 Å². The quantitative estimate of drug-likeness (QED) is 0.777. The smallest absolute Gasteiger partial charge is 0.336 e. The molecule has 0 aromatic heterocycles. The summed E-state index contributed by atoms with van der Waals surface area (Å²) in [5.74, 6) is -1.09. The summed E-state index contributed by atoms with van der Waals surface area (Å²) in [5.41, 5.74) is 1.88. The molecule has 0 amide bonds. The Balaban J connectivity index is 2.24. The highest BCUT2D eigenvalue weighted by Gasteiger charge is 2.49. The Bertz CT molecular complexity index is 697. The molecule has 1 saturated carbocycles. The second kappa shape index (κ2) is 5.22. The highest BCUT2D eigenvalue weighted by atomic mass is 16.4. The number of aliphatic hydroxyl groups is 1. The van der Waals surface area contributed by atoms with Crippen molar-refractivity contribution in [3.05, 3.63) is 28.3 Å². The SMILES string of the molecule is CC(C)(C)CC(C)(C)c1c(O)cc2c(c1C(=O)O)C1CCC2C1O. The summed E-state index contributed by atoms with van der Waals surface area (Å²) in [6.45, 7) is 10.3. The van der Waals surface area contributed by atoms with Crippen LogP contribution in [0.2, 0.25) is 0 Å². The average molecular weight is 332 g/mol. The van der Waals surface area contributed by atoms with Crippen molar-refractivity contribution in [2.24, 2.45) is 5.41 Å². The van der Waals surface area contributed by atoms with Gasteiger partial charge in [-0.3, -0.25) is 0 Å². The third-order valence-corrected chi connectivity index (χ3v) is 5.63. The summed E-state index contributed by atoms with van der Waals surface area (Å²) in [7, 11) is 0. The molecule has 2 bridgehead atoms. The van der Waals surface area contributed by atoms with Crippen molar-refractivity contribution in [2.75, 3.05) is 0 Å². The molecule has 1 fully saturated rings. The van der Waals surface area contributed by atoms with Gasteiger partial charge in [0.2, 0.25) is 0 Å². The summed E-state index contributed by atoms with van der Waals surface area (Å²) < 4.78 is 0. The van der Waals surface area contributed by atoms with Crippen LogP contribution in [0.4, 0.5) is 0 Å². The van der Waals surface area contributed by atoms with Crippen LogP contribution in [0.5, 0.6) is 5.75 Å². The van der Waals surface area contributed by atoms with Crippen molar-refractivity contribution in [3.63, 3.8) is 0 Å². The summed E-state index contributed by atoms with van der Waals surface area (Å²) >= 11 is 0. The monoisotopic (exact) mass is 332 g/mol. The van der Waals surface area contributed by atoms with E-state index < -0.39 is 17.5 Å². The van der Waals surface area contributed by atoms with Gasteiger partial charge in [0, 0.05) is 17.4 Å². The Morgan fingerprint density at radius 1 is 1.17 bits per heavy atom. The highest BCUT2D eigenvalue weighted by molar-refractivity contribution is 5.94. The standard InChI is InChI=1S/C20H28O4/c1-19(2,3)9-20(4,5)16-13(21)8-12-10-6-7-11(17(10)22)14(12)15(16)18(23)24/h8,10-11,17,21-22H,6-7,9H2,1-5H3,(H,23,24). The molecule has 132 valence electrons. The first-order chi connectivity index (χ1) is 10.9. The fraction of sp³-hybridized carbons (Fsp3) is 0.650. The Morgan fingerprint density at radius 2 is 1.75 bits per heavy atom. The van der Waals surface area contributed by atoms with Crippen LogP contribution in [0.15, 0.2) is 6.07 Å². The number of fused-ring (bicyclic) bond motifs is 5. The maximum Gasteiger partial charge on any atom is 0.336 e. The van der Waals surface area contributed by atoms with Crippen molar-refractivity contribution in [1.82, 2.24) is 0 Å². The molecule has 4 heteroatoms. The van der Waals surface area contributed by atoms with E-state index >= 15 is 0 Å². The molecule has 0 spiro atoms. The summed E-state index contributed by atoms with van der Waals surface area (Å²) in [4.78, 5) is 12.1. The number of carboxylic acids is 1. The Morgan fingerprint density at radius 3 is 2.29 bits per heavy atom. The molecular formula is C20H28O4. The van der Waals surface area contributed by atoms with E-state index in [1.54, 1.807) is 6.07 Å². The molecule has 3 N–H and O–H groups in total. The van der Waals surface area contributed by atoms with Gasteiger partial charge in [0.15, 0.2) is 0 Å². The zero-order valence-electron chi connectivity index (χ0n) is 15.2. The summed E-state index contributed by atoms with van der Waals surface area (Å²) in [6, 6.07) is 1.72. The lowest BCUT2D eigenvalue weighted by atomic mass is 9.69. The second-order valence-electron chi connectivity index (χ2n) is 9.36. The lowest BCUT2D eigenvalue weighted by Crippen LogP contribution is -2.28. The number of hydrogen-bond acceptors (Lipinski definition) is 3. The van der Waals surface area contributed by atoms with Crippen molar-refractivity contribution < 1.29 is 20.1 Å². The van der Waals surface area contributed by atoms with E-state index in [1.165, 1.54) is 0 Å². The molecule has 3 atom stereocenters. The lowest BCUT2D eigenvalue weighted by molar-refractivity contribution is 0.0689. The van der Waals surface area contributed by atoms with E-state index in [0.717, 1.165) is 30.4 Å². The molecule has 1 aromatic rings. The molecule has 0 radical (unpaired) electrons. The van der Waals surface area contributed by atoms with Crippen molar-refractivity contribution in [2.45, 2.75) is 77.2 Å².